The summed E-state index contributed by atoms with van der Waals surface area (Å²) in [5, 5.41) is 22.5. The van der Waals surface area contributed by atoms with Crippen molar-refractivity contribution in [1.29, 1.82) is 0 Å². The standard InChI is InChI=1S/C24H24N4O7/c25-20-13-18(28(32)33)6-7-19(20)17-8-10-26-22(12-17)21(9-11-34-15-23(29)30)27-24(31)35-14-16-4-2-1-3-5-16/h1-8,10,12-13,21H,9,11,14-15,25H2,(H,27,31)(H,29,30). The molecule has 0 bridgehead atoms. The third-order valence-corrected chi connectivity index (χ3v) is 4.98. The summed E-state index contributed by atoms with van der Waals surface area (Å²) in [6, 6.07) is 16.0. The molecular weight excluding hydrogens is 456 g/mol. The highest BCUT2D eigenvalue weighted by Crippen LogP contribution is 2.30. The maximum atomic E-state index is 12.5. The molecule has 1 unspecified atom stereocenters. The molecule has 35 heavy (non-hydrogen) atoms. The number of hydrogen-bond acceptors (Lipinski definition) is 8. The molecule has 11 heteroatoms. The predicted octanol–water partition coefficient (Wildman–Crippen LogP) is 3.70. The van der Waals surface area contributed by atoms with Gasteiger partial charge in [0.05, 0.1) is 16.7 Å². The van der Waals surface area contributed by atoms with Crippen LogP contribution in [0.25, 0.3) is 11.1 Å². The van der Waals surface area contributed by atoms with E-state index in [-0.39, 0.29) is 31.0 Å². The summed E-state index contributed by atoms with van der Waals surface area (Å²) in [6.07, 6.45) is 1.06. The van der Waals surface area contributed by atoms with Crippen molar-refractivity contribution in [3.05, 3.63) is 88.2 Å². The number of nitrogens with zero attached hydrogens (tertiary/aromatic N) is 2. The number of aromatic nitrogens is 1. The number of nitrogen functional groups attached to an aromatic ring is 1. The molecule has 1 aromatic heterocycles. The highest BCUT2D eigenvalue weighted by Gasteiger charge is 2.19. The molecule has 0 spiro atoms. The molecule has 0 aliphatic heterocycles. The molecule has 4 N–H and O–H groups in total. The lowest BCUT2D eigenvalue weighted by Gasteiger charge is -2.19. The smallest absolute Gasteiger partial charge is 0.408 e. The number of anilines is 1. The van der Waals surface area contributed by atoms with E-state index in [2.05, 4.69) is 10.3 Å². The van der Waals surface area contributed by atoms with Gasteiger partial charge < -0.3 is 25.6 Å². The number of nitro groups is 1. The van der Waals surface area contributed by atoms with Gasteiger partial charge in [0.1, 0.15) is 13.2 Å². The van der Waals surface area contributed by atoms with Crippen molar-refractivity contribution in [2.45, 2.75) is 19.1 Å². The first-order valence-corrected chi connectivity index (χ1v) is 10.6. The molecule has 2 aromatic carbocycles. The number of carboxylic acids is 1. The number of benzene rings is 2. The zero-order chi connectivity index (χ0) is 25.2. The van der Waals surface area contributed by atoms with Gasteiger partial charge in [-0.2, -0.15) is 0 Å². The second-order valence-electron chi connectivity index (χ2n) is 7.49. The van der Waals surface area contributed by atoms with Crippen LogP contribution < -0.4 is 11.1 Å². The SMILES string of the molecule is Nc1cc([N+](=O)[O-])ccc1-c1ccnc(C(CCOCC(=O)O)NC(=O)OCc2ccccc2)c1. The number of nitro benzene ring substituents is 1. The van der Waals surface area contributed by atoms with Gasteiger partial charge in [-0.3, -0.25) is 15.1 Å². The summed E-state index contributed by atoms with van der Waals surface area (Å²) in [7, 11) is 0. The topological polar surface area (TPSA) is 167 Å². The summed E-state index contributed by atoms with van der Waals surface area (Å²) in [5.74, 6) is -1.11. The van der Waals surface area contributed by atoms with Crippen molar-refractivity contribution in [3.8, 4) is 11.1 Å². The van der Waals surface area contributed by atoms with E-state index in [9.17, 15) is 19.7 Å². The molecule has 11 nitrogen and oxygen atoms in total. The maximum absolute atomic E-state index is 12.5. The van der Waals surface area contributed by atoms with E-state index in [0.29, 0.717) is 16.8 Å². The average molecular weight is 480 g/mol. The summed E-state index contributed by atoms with van der Waals surface area (Å²) in [5.41, 5.74) is 8.59. The fraction of sp³-hybridized carbons (Fsp3) is 0.208. The van der Waals surface area contributed by atoms with E-state index in [4.69, 9.17) is 20.3 Å². The monoisotopic (exact) mass is 480 g/mol. The van der Waals surface area contributed by atoms with Crippen molar-refractivity contribution >= 4 is 23.4 Å². The molecule has 1 heterocycles. The number of hydrogen-bond donors (Lipinski definition) is 3. The lowest BCUT2D eigenvalue weighted by Crippen LogP contribution is -2.30. The fourth-order valence-corrected chi connectivity index (χ4v) is 3.29. The van der Waals surface area contributed by atoms with Crippen LogP contribution in [0, 0.1) is 10.1 Å². The first-order valence-electron chi connectivity index (χ1n) is 10.6. The molecule has 0 aliphatic carbocycles. The summed E-state index contributed by atoms with van der Waals surface area (Å²) in [6.45, 7) is -0.360. The number of non-ortho nitro benzene ring substituents is 1. The second kappa shape index (κ2) is 12.1. The minimum Gasteiger partial charge on any atom is -0.480 e. The van der Waals surface area contributed by atoms with Crippen LogP contribution in [0.5, 0.6) is 0 Å². The lowest BCUT2D eigenvalue weighted by atomic mass is 10.0. The molecule has 1 amide bonds. The predicted molar refractivity (Wildman–Crippen MR) is 126 cm³/mol. The van der Waals surface area contributed by atoms with Gasteiger partial charge in [0.2, 0.25) is 0 Å². The second-order valence-corrected chi connectivity index (χ2v) is 7.49. The van der Waals surface area contributed by atoms with Crippen molar-refractivity contribution < 1.29 is 29.1 Å². The van der Waals surface area contributed by atoms with E-state index in [1.165, 1.54) is 18.3 Å². The number of carboxylic acid groups (broad SMARTS) is 1. The molecule has 1 atom stereocenters. The number of nitrogens with one attached hydrogen (secondary N) is 1. The third-order valence-electron chi connectivity index (χ3n) is 4.98. The van der Waals surface area contributed by atoms with Crippen LogP contribution in [0.15, 0.2) is 66.9 Å². The van der Waals surface area contributed by atoms with Gasteiger partial charge in [-0.1, -0.05) is 30.3 Å². The van der Waals surface area contributed by atoms with E-state index >= 15 is 0 Å². The number of carbonyl (C=O) groups excluding carboxylic acids is 1. The van der Waals surface area contributed by atoms with Crippen molar-refractivity contribution in [2.24, 2.45) is 0 Å². The number of aliphatic carboxylic acids is 1. The number of carbonyl (C=O) groups is 2. The largest absolute Gasteiger partial charge is 0.480 e. The Labute approximate surface area is 200 Å². The van der Waals surface area contributed by atoms with Crippen LogP contribution in [0.3, 0.4) is 0 Å². The van der Waals surface area contributed by atoms with Crippen LogP contribution in [-0.4, -0.2) is 40.3 Å². The molecular formula is C24H24N4O7. The number of alkyl carbamates (subject to hydrolysis) is 1. The van der Waals surface area contributed by atoms with Crippen molar-refractivity contribution in [3.63, 3.8) is 0 Å². The Morgan fingerprint density at radius 2 is 1.91 bits per heavy atom. The summed E-state index contributed by atoms with van der Waals surface area (Å²) < 4.78 is 10.4. The molecule has 182 valence electrons. The minimum absolute atomic E-state index is 0.0432. The molecule has 3 aromatic rings. The van der Waals surface area contributed by atoms with Gasteiger partial charge in [0.25, 0.3) is 5.69 Å². The third kappa shape index (κ3) is 7.51. The highest BCUT2D eigenvalue weighted by molar-refractivity contribution is 5.78. The molecule has 0 fully saturated rings. The summed E-state index contributed by atoms with van der Waals surface area (Å²) in [4.78, 5) is 38.0. The van der Waals surface area contributed by atoms with Crippen LogP contribution in [0.2, 0.25) is 0 Å². The Kier molecular flexibility index (Phi) is 8.68. The van der Waals surface area contributed by atoms with Gasteiger partial charge in [-0.15, -0.1) is 0 Å². The zero-order valence-corrected chi connectivity index (χ0v) is 18.6. The quantitative estimate of drug-likeness (QED) is 0.160. The van der Waals surface area contributed by atoms with Gasteiger partial charge in [-0.25, -0.2) is 9.59 Å². The van der Waals surface area contributed by atoms with Crippen molar-refractivity contribution in [2.75, 3.05) is 18.9 Å². The first kappa shape index (κ1) is 25.1. The molecule has 0 saturated heterocycles. The fourth-order valence-electron chi connectivity index (χ4n) is 3.29. The number of amides is 1. The zero-order valence-electron chi connectivity index (χ0n) is 18.6. The van der Waals surface area contributed by atoms with Crippen LogP contribution in [0.4, 0.5) is 16.2 Å². The van der Waals surface area contributed by atoms with Gasteiger partial charge in [0.15, 0.2) is 0 Å². The molecule has 0 aliphatic rings. The van der Waals surface area contributed by atoms with Gasteiger partial charge in [-0.05, 0) is 35.7 Å². The first-order chi connectivity index (χ1) is 16.8. The highest BCUT2D eigenvalue weighted by atomic mass is 16.6. The van der Waals surface area contributed by atoms with E-state index in [1.54, 1.807) is 18.2 Å². The Hall–Kier alpha value is -4.51. The van der Waals surface area contributed by atoms with E-state index in [1.807, 2.05) is 30.3 Å². The summed E-state index contributed by atoms with van der Waals surface area (Å²) >= 11 is 0. The Balaban J connectivity index is 1.77. The van der Waals surface area contributed by atoms with Crippen LogP contribution in [0.1, 0.15) is 23.7 Å². The Morgan fingerprint density at radius 1 is 1.14 bits per heavy atom. The number of ether oxygens (including phenoxy) is 2. The average Bonchev–Trinajstić information content (AvgIpc) is 2.85. The Morgan fingerprint density at radius 3 is 2.60 bits per heavy atom. The molecule has 0 radical (unpaired) electrons. The van der Waals surface area contributed by atoms with Crippen molar-refractivity contribution in [1.82, 2.24) is 10.3 Å². The minimum atomic E-state index is -1.11. The molecule has 3 rings (SSSR count). The van der Waals surface area contributed by atoms with Gasteiger partial charge in [0, 0.05) is 36.2 Å². The lowest BCUT2D eigenvalue weighted by molar-refractivity contribution is -0.384. The Bertz CT molecular complexity index is 1190. The van der Waals surface area contributed by atoms with Crippen LogP contribution >= 0.6 is 0 Å². The van der Waals surface area contributed by atoms with E-state index < -0.39 is 29.6 Å². The maximum Gasteiger partial charge on any atom is 0.408 e. The number of pyridine rings is 1. The van der Waals surface area contributed by atoms with Crippen LogP contribution in [-0.2, 0) is 20.9 Å². The number of nitrogens with two attached hydrogens (primary N) is 1. The normalized spacial score (nSPS) is 11.4. The van der Waals surface area contributed by atoms with E-state index in [0.717, 1.165) is 5.56 Å². The van der Waals surface area contributed by atoms with Gasteiger partial charge >= 0.3 is 12.1 Å². The number of rotatable bonds is 11. The molecule has 0 saturated carbocycles.